The maximum absolute atomic E-state index is 12.9. The Labute approximate surface area is 129 Å². The van der Waals surface area contributed by atoms with Crippen LogP contribution in [0.5, 0.6) is 17.2 Å². The van der Waals surface area contributed by atoms with Crippen molar-refractivity contribution >= 4 is 11.6 Å². The zero-order valence-electron chi connectivity index (χ0n) is 12.3. The molecule has 122 valence electrons. The summed E-state index contributed by atoms with van der Waals surface area (Å²) in [6.45, 7) is 1.57. The standard InChI is InChI=1S/C14H13F2N3O4/c1-6-11(12(13(15)16)19-18-6)17-14(20)7-3-9-10(23-5-22-9)4-8(7)21-2/h3-4,13H,5H2,1-2H3,(H,17,20)(H,18,19). The fourth-order valence-corrected chi connectivity index (χ4v) is 2.21. The van der Waals surface area contributed by atoms with Crippen molar-refractivity contribution in [2.24, 2.45) is 0 Å². The Morgan fingerprint density at radius 2 is 2.09 bits per heavy atom. The SMILES string of the molecule is COc1cc2c(cc1C(=O)Nc1c(C(F)F)n[nH]c1C)OCO2. The van der Waals surface area contributed by atoms with Crippen molar-refractivity contribution in [3.05, 3.63) is 29.1 Å². The van der Waals surface area contributed by atoms with E-state index in [2.05, 4.69) is 15.5 Å². The van der Waals surface area contributed by atoms with Gasteiger partial charge in [0, 0.05) is 12.1 Å². The molecule has 2 heterocycles. The number of hydrogen-bond donors (Lipinski definition) is 2. The number of amides is 1. The predicted octanol–water partition coefficient (Wildman–Crippen LogP) is 2.65. The summed E-state index contributed by atoms with van der Waals surface area (Å²) in [6.07, 6.45) is -2.81. The van der Waals surface area contributed by atoms with E-state index in [0.717, 1.165) is 0 Å². The topological polar surface area (TPSA) is 85.5 Å². The molecule has 1 aromatic heterocycles. The molecule has 3 rings (SSSR count). The molecule has 2 aromatic rings. The third kappa shape index (κ3) is 2.65. The first-order valence-electron chi connectivity index (χ1n) is 6.63. The van der Waals surface area contributed by atoms with Gasteiger partial charge in [-0.15, -0.1) is 0 Å². The van der Waals surface area contributed by atoms with Crippen LogP contribution in [0.1, 0.15) is 28.2 Å². The molecule has 0 bridgehead atoms. The highest BCUT2D eigenvalue weighted by Crippen LogP contribution is 2.38. The van der Waals surface area contributed by atoms with Gasteiger partial charge in [-0.25, -0.2) is 8.78 Å². The van der Waals surface area contributed by atoms with Crippen LogP contribution in [0.25, 0.3) is 0 Å². The molecule has 7 nitrogen and oxygen atoms in total. The van der Waals surface area contributed by atoms with Crippen LogP contribution in [-0.2, 0) is 0 Å². The lowest BCUT2D eigenvalue weighted by atomic mass is 10.1. The van der Waals surface area contributed by atoms with E-state index in [1.807, 2.05) is 0 Å². The van der Waals surface area contributed by atoms with Gasteiger partial charge in [0.25, 0.3) is 12.3 Å². The zero-order chi connectivity index (χ0) is 16.6. The van der Waals surface area contributed by atoms with Crippen LogP contribution in [0.15, 0.2) is 12.1 Å². The van der Waals surface area contributed by atoms with E-state index in [-0.39, 0.29) is 23.8 Å². The van der Waals surface area contributed by atoms with Crippen LogP contribution in [0, 0.1) is 6.92 Å². The molecule has 1 aliphatic rings. The van der Waals surface area contributed by atoms with Crippen molar-refractivity contribution in [2.45, 2.75) is 13.3 Å². The van der Waals surface area contributed by atoms with Gasteiger partial charge in [0.05, 0.1) is 24.1 Å². The lowest BCUT2D eigenvalue weighted by molar-refractivity contribution is 0.102. The molecule has 0 atom stereocenters. The van der Waals surface area contributed by atoms with Crippen molar-refractivity contribution < 1.29 is 27.8 Å². The second-order valence-corrected chi connectivity index (χ2v) is 4.77. The second kappa shape index (κ2) is 5.75. The van der Waals surface area contributed by atoms with Gasteiger partial charge in [0.15, 0.2) is 17.2 Å². The molecule has 0 saturated carbocycles. The molecule has 9 heteroatoms. The maximum atomic E-state index is 12.9. The van der Waals surface area contributed by atoms with Gasteiger partial charge in [-0.2, -0.15) is 5.10 Å². The number of aromatic amines is 1. The van der Waals surface area contributed by atoms with Crippen LogP contribution in [0.3, 0.4) is 0 Å². The minimum absolute atomic E-state index is 0.0416. The molecule has 23 heavy (non-hydrogen) atoms. The number of aryl methyl sites for hydroxylation is 1. The molecule has 0 fully saturated rings. The molecule has 0 spiro atoms. The lowest BCUT2D eigenvalue weighted by Gasteiger charge is -2.11. The first kappa shape index (κ1) is 15.1. The largest absolute Gasteiger partial charge is 0.496 e. The van der Waals surface area contributed by atoms with Gasteiger partial charge in [-0.1, -0.05) is 0 Å². The van der Waals surface area contributed by atoms with Crippen molar-refractivity contribution in [3.63, 3.8) is 0 Å². The smallest absolute Gasteiger partial charge is 0.284 e. The summed E-state index contributed by atoms with van der Waals surface area (Å²) in [5, 5.41) is 8.36. The van der Waals surface area contributed by atoms with Crippen LogP contribution >= 0.6 is 0 Å². The maximum Gasteiger partial charge on any atom is 0.284 e. The van der Waals surface area contributed by atoms with Crippen LogP contribution in [-0.4, -0.2) is 30.0 Å². The number of alkyl halides is 2. The number of aromatic nitrogens is 2. The first-order chi connectivity index (χ1) is 11.0. The molecule has 1 aromatic carbocycles. The van der Waals surface area contributed by atoms with Gasteiger partial charge in [-0.3, -0.25) is 9.89 Å². The van der Waals surface area contributed by atoms with Gasteiger partial charge in [-0.05, 0) is 6.92 Å². The van der Waals surface area contributed by atoms with Crippen molar-refractivity contribution in [1.82, 2.24) is 10.2 Å². The number of carbonyl (C=O) groups excluding carboxylic acids is 1. The van der Waals surface area contributed by atoms with Gasteiger partial charge < -0.3 is 19.5 Å². The minimum atomic E-state index is -2.81. The van der Waals surface area contributed by atoms with E-state index in [9.17, 15) is 13.6 Å². The van der Waals surface area contributed by atoms with Crippen LogP contribution in [0.4, 0.5) is 14.5 Å². The van der Waals surface area contributed by atoms with E-state index >= 15 is 0 Å². The van der Waals surface area contributed by atoms with Gasteiger partial charge in [0.2, 0.25) is 6.79 Å². The van der Waals surface area contributed by atoms with Crippen LogP contribution in [0.2, 0.25) is 0 Å². The number of nitrogens with one attached hydrogen (secondary N) is 2. The number of carbonyl (C=O) groups is 1. The highest BCUT2D eigenvalue weighted by Gasteiger charge is 2.25. The molecule has 1 amide bonds. The van der Waals surface area contributed by atoms with E-state index < -0.39 is 18.0 Å². The molecule has 1 aliphatic heterocycles. The molecule has 0 unspecified atom stereocenters. The quantitative estimate of drug-likeness (QED) is 0.902. The van der Waals surface area contributed by atoms with Crippen molar-refractivity contribution in [3.8, 4) is 17.2 Å². The first-order valence-corrected chi connectivity index (χ1v) is 6.63. The average Bonchev–Trinajstić information content (AvgIpc) is 3.12. The summed E-state index contributed by atoms with van der Waals surface area (Å²) >= 11 is 0. The summed E-state index contributed by atoms with van der Waals surface area (Å²) < 4.78 is 41.4. The Balaban J connectivity index is 1.94. The van der Waals surface area contributed by atoms with E-state index in [1.165, 1.54) is 26.2 Å². The number of H-pyrrole nitrogens is 1. The molecule has 0 aliphatic carbocycles. The van der Waals surface area contributed by atoms with Crippen LogP contribution < -0.4 is 19.5 Å². The number of fused-ring (bicyclic) bond motifs is 1. The highest BCUT2D eigenvalue weighted by molar-refractivity contribution is 6.07. The molecule has 0 saturated heterocycles. The minimum Gasteiger partial charge on any atom is -0.496 e. The number of halogens is 2. The Bertz CT molecular complexity index is 761. The Kier molecular flexibility index (Phi) is 3.77. The summed E-state index contributed by atoms with van der Waals surface area (Å²) in [5.41, 5.74) is -0.105. The Hall–Kier alpha value is -2.84. The Morgan fingerprint density at radius 1 is 1.39 bits per heavy atom. The van der Waals surface area contributed by atoms with Crippen molar-refractivity contribution in [1.29, 1.82) is 0 Å². The molecule has 0 radical (unpaired) electrons. The third-order valence-corrected chi connectivity index (χ3v) is 3.36. The molecule has 2 N–H and O–H groups in total. The predicted molar refractivity (Wildman–Crippen MR) is 75.4 cm³/mol. The van der Waals surface area contributed by atoms with Gasteiger partial charge >= 0.3 is 0 Å². The van der Waals surface area contributed by atoms with Crippen molar-refractivity contribution in [2.75, 3.05) is 19.2 Å². The lowest BCUT2D eigenvalue weighted by Crippen LogP contribution is -2.14. The third-order valence-electron chi connectivity index (χ3n) is 3.36. The highest BCUT2D eigenvalue weighted by atomic mass is 19.3. The average molecular weight is 325 g/mol. The number of anilines is 1. The van der Waals surface area contributed by atoms with E-state index in [0.29, 0.717) is 17.2 Å². The van der Waals surface area contributed by atoms with Gasteiger partial charge in [0.1, 0.15) is 5.75 Å². The number of nitrogens with zero attached hydrogens (tertiary/aromatic N) is 1. The number of ether oxygens (including phenoxy) is 3. The second-order valence-electron chi connectivity index (χ2n) is 4.77. The monoisotopic (exact) mass is 325 g/mol. The van der Waals surface area contributed by atoms with E-state index in [4.69, 9.17) is 14.2 Å². The zero-order valence-corrected chi connectivity index (χ0v) is 12.3. The number of benzene rings is 1. The summed E-state index contributed by atoms with van der Waals surface area (Å²) in [4.78, 5) is 12.4. The summed E-state index contributed by atoms with van der Waals surface area (Å²) in [7, 11) is 1.39. The fraction of sp³-hybridized carbons (Fsp3) is 0.286. The summed E-state index contributed by atoms with van der Waals surface area (Å²) in [5.74, 6) is 0.457. The number of rotatable bonds is 4. The number of hydrogen-bond acceptors (Lipinski definition) is 5. The number of methoxy groups -OCH3 is 1. The Morgan fingerprint density at radius 3 is 2.74 bits per heavy atom. The molecular formula is C14H13F2N3O4. The normalized spacial score (nSPS) is 12.6. The molecular weight excluding hydrogens is 312 g/mol. The fourth-order valence-electron chi connectivity index (χ4n) is 2.21. The summed E-state index contributed by atoms with van der Waals surface area (Å²) in [6, 6.07) is 2.95. The van der Waals surface area contributed by atoms with E-state index in [1.54, 1.807) is 0 Å².